The molecule has 0 radical (unpaired) electrons. The Labute approximate surface area is 112 Å². The minimum Gasteiger partial charge on any atom is -0.491 e. The van der Waals surface area contributed by atoms with E-state index >= 15 is 0 Å². The van der Waals surface area contributed by atoms with Gasteiger partial charge in [0.15, 0.2) is 0 Å². The summed E-state index contributed by atoms with van der Waals surface area (Å²) in [6.45, 7) is 3.03. The number of non-ortho nitro benzene ring substituents is 1. The Morgan fingerprint density at radius 1 is 1.32 bits per heavy atom. The number of nitrogens with zero attached hydrogens (tertiary/aromatic N) is 1. The van der Waals surface area contributed by atoms with Gasteiger partial charge in [-0.1, -0.05) is 13.3 Å². The number of nitro groups is 1. The fourth-order valence-electron chi connectivity index (χ4n) is 1.37. The molecule has 106 valence electrons. The number of benzene rings is 1. The lowest BCUT2D eigenvalue weighted by atomic mass is 10.3. The van der Waals surface area contributed by atoms with E-state index in [-0.39, 0.29) is 18.9 Å². The summed E-state index contributed by atoms with van der Waals surface area (Å²) in [7, 11) is 0. The summed E-state index contributed by atoms with van der Waals surface area (Å²) in [5.74, 6) is 0.484. The van der Waals surface area contributed by atoms with Gasteiger partial charge in [0, 0.05) is 18.7 Å². The first-order valence-electron chi connectivity index (χ1n) is 6.26. The van der Waals surface area contributed by atoms with E-state index in [2.05, 4.69) is 6.92 Å². The van der Waals surface area contributed by atoms with Crippen LogP contribution in [0.2, 0.25) is 0 Å². The van der Waals surface area contributed by atoms with Crippen molar-refractivity contribution in [2.75, 3.05) is 19.8 Å². The van der Waals surface area contributed by atoms with E-state index in [1.54, 1.807) is 0 Å². The molecule has 0 heterocycles. The van der Waals surface area contributed by atoms with Gasteiger partial charge >= 0.3 is 0 Å². The zero-order valence-electron chi connectivity index (χ0n) is 10.9. The molecule has 6 heteroatoms. The average molecular weight is 269 g/mol. The van der Waals surface area contributed by atoms with Gasteiger partial charge in [0.05, 0.1) is 11.5 Å². The van der Waals surface area contributed by atoms with Gasteiger partial charge in [0.25, 0.3) is 5.69 Å². The Balaban J connectivity index is 2.25. The molecule has 1 rings (SSSR count). The van der Waals surface area contributed by atoms with E-state index < -0.39 is 11.0 Å². The molecule has 0 spiro atoms. The number of hydrogen-bond acceptors (Lipinski definition) is 5. The molecule has 0 aromatic heterocycles. The molecule has 0 saturated carbocycles. The monoisotopic (exact) mass is 269 g/mol. The lowest BCUT2D eigenvalue weighted by Gasteiger charge is -2.12. The molecular weight excluding hydrogens is 250 g/mol. The fourth-order valence-corrected chi connectivity index (χ4v) is 1.37. The van der Waals surface area contributed by atoms with Gasteiger partial charge in [-0.3, -0.25) is 10.1 Å². The van der Waals surface area contributed by atoms with Crippen molar-refractivity contribution >= 4 is 5.69 Å². The van der Waals surface area contributed by atoms with E-state index in [9.17, 15) is 15.2 Å². The van der Waals surface area contributed by atoms with Crippen LogP contribution in [-0.2, 0) is 4.74 Å². The molecule has 1 N–H and O–H groups in total. The Morgan fingerprint density at radius 2 is 2.00 bits per heavy atom. The van der Waals surface area contributed by atoms with Gasteiger partial charge in [-0.2, -0.15) is 0 Å². The van der Waals surface area contributed by atoms with Crippen LogP contribution in [-0.4, -0.2) is 36.0 Å². The van der Waals surface area contributed by atoms with Crippen molar-refractivity contribution in [2.24, 2.45) is 0 Å². The van der Waals surface area contributed by atoms with Gasteiger partial charge in [0.1, 0.15) is 18.5 Å². The molecule has 6 nitrogen and oxygen atoms in total. The van der Waals surface area contributed by atoms with Crippen LogP contribution in [0.4, 0.5) is 5.69 Å². The van der Waals surface area contributed by atoms with E-state index in [0.717, 1.165) is 12.8 Å². The number of unbranched alkanes of at least 4 members (excludes halogenated alkanes) is 1. The first-order chi connectivity index (χ1) is 9.13. The maximum Gasteiger partial charge on any atom is 0.269 e. The molecule has 19 heavy (non-hydrogen) atoms. The third-order valence-corrected chi connectivity index (χ3v) is 2.44. The highest BCUT2D eigenvalue weighted by atomic mass is 16.6. The van der Waals surface area contributed by atoms with Crippen molar-refractivity contribution in [2.45, 2.75) is 25.9 Å². The van der Waals surface area contributed by atoms with Crippen LogP contribution in [0, 0.1) is 10.1 Å². The van der Waals surface area contributed by atoms with Gasteiger partial charge in [0.2, 0.25) is 0 Å². The molecule has 0 aliphatic rings. The molecule has 0 saturated heterocycles. The van der Waals surface area contributed by atoms with Crippen LogP contribution < -0.4 is 4.74 Å². The average Bonchev–Trinajstić information content (AvgIpc) is 2.42. The molecule has 0 bridgehead atoms. The predicted molar refractivity (Wildman–Crippen MR) is 70.3 cm³/mol. The molecule has 1 aromatic rings. The highest BCUT2D eigenvalue weighted by Gasteiger charge is 2.07. The molecule has 1 unspecified atom stereocenters. The topological polar surface area (TPSA) is 81.8 Å². The quantitative estimate of drug-likeness (QED) is 0.422. The number of hydrogen-bond donors (Lipinski definition) is 1. The normalized spacial score (nSPS) is 12.1. The van der Waals surface area contributed by atoms with Gasteiger partial charge in [-0.05, 0) is 18.6 Å². The number of rotatable bonds is 9. The van der Waals surface area contributed by atoms with Gasteiger partial charge < -0.3 is 14.6 Å². The van der Waals surface area contributed by atoms with Crippen LogP contribution in [0.25, 0.3) is 0 Å². The second-order valence-electron chi connectivity index (χ2n) is 4.14. The maximum atomic E-state index is 10.5. The zero-order chi connectivity index (χ0) is 14.1. The minimum absolute atomic E-state index is 0.01000. The number of ether oxygens (including phenoxy) is 2. The first kappa shape index (κ1) is 15.4. The maximum absolute atomic E-state index is 10.5. The number of nitro benzene ring substituents is 1. The highest BCUT2D eigenvalue weighted by Crippen LogP contribution is 2.17. The summed E-state index contributed by atoms with van der Waals surface area (Å²) < 4.78 is 10.6. The molecule has 0 fully saturated rings. The summed E-state index contributed by atoms with van der Waals surface area (Å²) in [6.07, 6.45) is 1.32. The lowest BCUT2D eigenvalue weighted by molar-refractivity contribution is -0.384. The van der Waals surface area contributed by atoms with E-state index in [0.29, 0.717) is 12.4 Å². The summed E-state index contributed by atoms with van der Waals surface area (Å²) in [5.41, 5.74) is 0.01000. The fraction of sp³-hybridized carbons (Fsp3) is 0.538. The van der Waals surface area contributed by atoms with Crippen molar-refractivity contribution in [3.63, 3.8) is 0 Å². The second-order valence-corrected chi connectivity index (χ2v) is 4.14. The third-order valence-electron chi connectivity index (χ3n) is 2.44. The minimum atomic E-state index is -0.702. The highest BCUT2D eigenvalue weighted by molar-refractivity contribution is 5.35. The summed E-state index contributed by atoms with van der Waals surface area (Å²) >= 11 is 0. The lowest BCUT2D eigenvalue weighted by Crippen LogP contribution is -2.23. The number of aliphatic hydroxyl groups is 1. The Kier molecular flexibility index (Phi) is 6.84. The molecule has 0 aliphatic heterocycles. The Bertz CT molecular complexity index is 379. The SMILES string of the molecule is CCCCOCC(O)COc1ccc([N+](=O)[O-])cc1. The van der Waals surface area contributed by atoms with E-state index in [4.69, 9.17) is 9.47 Å². The first-order valence-corrected chi connectivity index (χ1v) is 6.26. The van der Waals surface area contributed by atoms with E-state index in [1.165, 1.54) is 24.3 Å². The van der Waals surface area contributed by atoms with Crippen molar-refractivity contribution in [3.8, 4) is 5.75 Å². The van der Waals surface area contributed by atoms with Crippen molar-refractivity contribution < 1.29 is 19.5 Å². The predicted octanol–water partition coefficient (Wildman–Crippen LogP) is 2.15. The van der Waals surface area contributed by atoms with Crippen LogP contribution in [0.15, 0.2) is 24.3 Å². The smallest absolute Gasteiger partial charge is 0.269 e. The summed E-state index contributed by atoms with van der Waals surface area (Å²) in [5, 5.41) is 20.1. The molecular formula is C13H19NO5. The van der Waals surface area contributed by atoms with Gasteiger partial charge in [-0.25, -0.2) is 0 Å². The van der Waals surface area contributed by atoms with Crippen LogP contribution in [0.5, 0.6) is 5.75 Å². The Morgan fingerprint density at radius 3 is 2.58 bits per heavy atom. The number of aliphatic hydroxyl groups excluding tert-OH is 1. The van der Waals surface area contributed by atoms with Crippen LogP contribution >= 0.6 is 0 Å². The molecule has 0 aliphatic carbocycles. The van der Waals surface area contributed by atoms with Crippen molar-refractivity contribution in [1.29, 1.82) is 0 Å². The van der Waals surface area contributed by atoms with Crippen molar-refractivity contribution in [3.05, 3.63) is 34.4 Å². The van der Waals surface area contributed by atoms with Crippen LogP contribution in [0.1, 0.15) is 19.8 Å². The van der Waals surface area contributed by atoms with Crippen LogP contribution in [0.3, 0.4) is 0 Å². The van der Waals surface area contributed by atoms with Gasteiger partial charge in [-0.15, -0.1) is 0 Å². The third kappa shape index (κ3) is 6.17. The molecule has 1 atom stereocenters. The standard InChI is InChI=1S/C13H19NO5/c1-2-3-8-18-9-12(15)10-19-13-6-4-11(5-7-13)14(16)17/h4-7,12,15H,2-3,8-10H2,1H3. The Hall–Kier alpha value is -1.66. The summed E-state index contributed by atoms with van der Waals surface area (Å²) in [6, 6.07) is 5.73. The summed E-state index contributed by atoms with van der Waals surface area (Å²) in [4.78, 5) is 9.99. The molecule has 0 amide bonds. The second kappa shape index (κ2) is 8.44. The largest absolute Gasteiger partial charge is 0.491 e. The van der Waals surface area contributed by atoms with E-state index in [1.807, 2.05) is 0 Å². The zero-order valence-corrected chi connectivity index (χ0v) is 10.9. The van der Waals surface area contributed by atoms with Crippen molar-refractivity contribution in [1.82, 2.24) is 0 Å². The molecule has 1 aromatic carbocycles.